The van der Waals surface area contributed by atoms with Gasteiger partial charge in [0.05, 0.1) is 0 Å². The van der Waals surface area contributed by atoms with Crippen molar-refractivity contribution in [3.05, 3.63) is 90.3 Å². The first-order valence-corrected chi connectivity index (χ1v) is 11.4. The molecule has 4 heteroatoms. The van der Waals surface area contributed by atoms with Crippen molar-refractivity contribution in [2.75, 3.05) is 0 Å². The van der Waals surface area contributed by atoms with Crippen molar-refractivity contribution in [1.82, 2.24) is 9.88 Å². The predicted molar refractivity (Wildman–Crippen MR) is 120 cm³/mol. The fraction of sp³-hybridized carbons (Fsp3) is 0.370. The number of rotatable bonds is 5. The molecule has 1 aromatic heterocycles. The smallest absolute Gasteiger partial charge is 0.407 e. The number of hydrogen-bond acceptors (Lipinski definition) is 2. The topological polar surface area (TPSA) is 43.3 Å². The highest BCUT2D eigenvalue weighted by Gasteiger charge is 2.65. The largest absolute Gasteiger partial charge is 0.445 e. The molecule has 1 N–H and O–H groups in total. The maximum atomic E-state index is 12.7. The first-order valence-electron chi connectivity index (χ1n) is 11.4. The Morgan fingerprint density at radius 3 is 2.52 bits per heavy atom. The normalized spacial score (nSPS) is 30.5. The van der Waals surface area contributed by atoms with Crippen LogP contribution >= 0.6 is 0 Å². The van der Waals surface area contributed by atoms with Crippen LogP contribution in [0.4, 0.5) is 4.79 Å². The van der Waals surface area contributed by atoms with Gasteiger partial charge in [-0.3, -0.25) is 0 Å². The van der Waals surface area contributed by atoms with Crippen LogP contribution in [0.15, 0.2) is 79.1 Å². The highest BCUT2D eigenvalue weighted by Crippen LogP contribution is 2.66. The highest BCUT2D eigenvalue weighted by atomic mass is 16.5. The molecule has 4 unspecified atom stereocenters. The second-order valence-corrected chi connectivity index (χ2v) is 9.85. The van der Waals surface area contributed by atoms with Crippen molar-refractivity contribution in [2.45, 2.75) is 49.7 Å². The van der Waals surface area contributed by atoms with E-state index in [9.17, 15) is 4.79 Å². The van der Waals surface area contributed by atoms with Gasteiger partial charge in [-0.25, -0.2) is 4.79 Å². The quantitative estimate of drug-likeness (QED) is 0.592. The van der Waals surface area contributed by atoms with E-state index in [0.29, 0.717) is 18.4 Å². The van der Waals surface area contributed by atoms with E-state index in [0.717, 1.165) is 18.4 Å². The molecule has 0 spiro atoms. The van der Waals surface area contributed by atoms with E-state index in [4.69, 9.17) is 4.74 Å². The molecule has 2 aromatic carbocycles. The van der Waals surface area contributed by atoms with Crippen LogP contribution in [0.2, 0.25) is 0 Å². The Balaban J connectivity index is 1.19. The number of benzene rings is 2. The van der Waals surface area contributed by atoms with Gasteiger partial charge in [-0.2, -0.15) is 0 Å². The Kier molecular flexibility index (Phi) is 4.24. The molecule has 4 nitrogen and oxygen atoms in total. The van der Waals surface area contributed by atoms with Crippen molar-refractivity contribution in [3.8, 4) is 5.69 Å². The molecular weight excluding hydrogens is 384 g/mol. The molecular formula is C27H28N2O2. The number of carbonyl (C=O) groups is 1. The van der Waals surface area contributed by atoms with Gasteiger partial charge >= 0.3 is 6.09 Å². The molecule has 7 rings (SSSR count). The van der Waals surface area contributed by atoms with Gasteiger partial charge in [-0.15, -0.1) is 0 Å². The average molecular weight is 413 g/mol. The maximum absolute atomic E-state index is 12.7. The van der Waals surface area contributed by atoms with Gasteiger partial charge in [0, 0.05) is 23.6 Å². The van der Waals surface area contributed by atoms with Gasteiger partial charge in [0.15, 0.2) is 0 Å². The lowest BCUT2D eigenvalue weighted by Gasteiger charge is -2.41. The van der Waals surface area contributed by atoms with Gasteiger partial charge in [-0.05, 0) is 84.7 Å². The number of carbonyl (C=O) groups excluding carboxylic acids is 1. The minimum Gasteiger partial charge on any atom is -0.445 e. The number of nitrogens with one attached hydrogen (secondary N) is 1. The Hall–Kier alpha value is -3.01. The molecule has 0 radical (unpaired) electrons. The molecule has 0 aliphatic heterocycles. The summed E-state index contributed by atoms with van der Waals surface area (Å²) >= 11 is 0. The number of hydrogen-bond donors (Lipinski definition) is 1. The van der Waals surface area contributed by atoms with Crippen molar-refractivity contribution >= 4 is 6.09 Å². The molecule has 4 atom stereocenters. The molecule has 4 bridgehead atoms. The van der Waals surface area contributed by atoms with E-state index in [-0.39, 0.29) is 17.0 Å². The van der Waals surface area contributed by atoms with E-state index < -0.39 is 0 Å². The van der Waals surface area contributed by atoms with Crippen LogP contribution in [0.5, 0.6) is 0 Å². The van der Waals surface area contributed by atoms with Crippen LogP contribution < -0.4 is 5.32 Å². The SMILES string of the molecule is O=C(NC12CC3CC1CC(c1ccc(-n4cccc4)cc1)(C3)C2)OCc1ccccc1. The zero-order valence-electron chi connectivity index (χ0n) is 17.7. The summed E-state index contributed by atoms with van der Waals surface area (Å²) in [6.07, 6.45) is 9.67. The first kappa shape index (κ1) is 18.7. The molecule has 4 aliphatic carbocycles. The van der Waals surface area contributed by atoms with Crippen molar-refractivity contribution in [2.24, 2.45) is 11.8 Å². The fourth-order valence-electron chi connectivity index (χ4n) is 6.89. The van der Waals surface area contributed by atoms with Gasteiger partial charge in [0.2, 0.25) is 0 Å². The highest BCUT2D eigenvalue weighted by molar-refractivity contribution is 5.69. The summed E-state index contributed by atoms with van der Waals surface area (Å²) in [4.78, 5) is 12.7. The molecule has 0 saturated heterocycles. The van der Waals surface area contributed by atoms with E-state index in [1.54, 1.807) is 0 Å². The van der Waals surface area contributed by atoms with Crippen LogP contribution in [0.25, 0.3) is 5.69 Å². The average Bonchev–Trinajstić information content (AvgIpc) is 3.45. The summed E-state index contributed by atoms with van der Waals surface area (Å²) in [6.45, 7) is 0.322. The third-order valence-corrected chi connectivity index (χ3v) is 7.97. The summed E-state index contributed by atoms with van der Waals surface area (Å²) in [7, 11) is 0. The van der Waals surface area contributed by atoms with Gasteiger partial charge in [0.25, 0.3) is 0 Å². The molecule has 4 saturated carbocycles. The lowest BCUT2D eigenvalue weighted by atomic mass is 9.65. The summed E-state index contributed by atoms with van der Waals surface area (Å²) in [5.41, 5.74) is 3.73. The Morgan fingerprint density at radius 2 is 1.74 bits per heavy atom. The van der Waals surface area contributed by atoms with Gasteiger partial charge < -0.3 is 14.6 Å². The maximum Gasteiger partial charge on any atom is 0.407 e. The summed E-state index contributed by atoms with van der Waals surface area (Å²) in [5.74, 6) is 1.26. The molecule has 3 aromatic rings. The molecule has 31 heavy (non-hydrogen) atoms. The monoisotopic (exact) mass is 412 g/mol. The van der Waals surface area contributed by atoms with Crippen LogP contribution in [-0.2, 0) is 16.8 Å². The summed E-state index contributed by atoms with van der Waals surface area (Å²) in [5, 5.41) is 3.35. The standard InChI is InChI=1S/C27H28N2O2/c30-25(31-18-20-6-2-1-3-7-20)28-27-16-21-14-23(27)17-26(15-21,19-27)22-8-10-24(11-9-22)29-12-4-5-13-29/h1-13,21,23H,14-19H2,(H,28,30). The van der Waals surface area contributed by atoms with Crippen molar-refractivity contribution in [3.63, 3.8) is 0 Å². The molecule has 4 fully saturated rings. The minimum absolute atomic E-state index is 0.101. The van der Waals surface area contributed by atoms with Gasteiger partial charge in [-0.1, -0.05) is 42.5 Å². The number of ether oxygens (including phenoxy) is 1. The number of aromatic nitrogens is 1. The third kappa shape index (κ3) is 3.16. The molecule has 1 heterocycles. The van der Waals surface area contributed by atoms with Crippen molar-refractivity contribution < 1.29 is 9.53 Å². The second kappa shape index (κ2) is 7.01. The summed E-state index contributed by atoms with van der Waals surface area (Å²) in [6, 6.07) is 23.1. The van der Waals surface area contributed by atoms with Crippen LogP contribution in [0.3, 0.4) is 0 Å². The Morgan fingerprint density at radius 1 is 0.968 bits per heavy atom. The lowest BCUT2D eigenvalue weighted by Crippen LogP contribution is -2.51. The van der Waals surface area contributed by atoms with Crippen LogP contribution in [-0.4, -0.2) is 16.2 Å². The number of amides is 1. The molecule has 4 aliphatic rings. The van der Waals surface area contributed by atoms with Gasteiger partial charge in [0.1, 0.15) is 6.61 Å². The Labute approximate surface area is 183 Å². The van der Waals surface area contributed by atoms with E-state index in [1.807, 2.05) is 30.3 Å². The predicted octanol–water partition coefficient (Wildman–Crippen LogP) is 5.60. The fourth-order valence-corrected chi connectivity index (χ4v) is 6.89. The summed E-state index contributed by atoms with van der Waals surface area (Å²) < 4.78 is 7.73. The minimum atomic E-state index is -0.268. The third-order valence-electron chi connectivity index (χ3n) is 7.97. The zero-order valence-corrected chi connectivity index (χ0v) is 17.7. The van der Waals surface area contributed by atoms with Crippen LogP contribution in [0.1, 0.15) is 43.2 Å². The second-order valence-electron chi connectivity index (χ2n) is 9.85. The lowest BCUT2D eigenvalue weighted by molar-refractivity contribution is 0.117. The molecule has 158 valence electrons. The van der Waals surface area contributed by atoms with Crippen LogP contribution in [0, 0.1) is 11.8 Å². The number of alkyl carbamates (subject to hydrolysis) is 1. The van der Waals surface area contributed by atoms with Crippen molar-refractivity contribution in [1.29, 1.82) is 0 Å². The van der Waals surface area contributed by atoms with E-state index >= 15 is 0 Å². The Bertz CT molecular complexity index is 1080. The molecule has 1 amide bonds. The van der Waals surface area contributed by atoms with E-state index in [1.165, 1.54) is 30.5 Å². The van der Waals surface area contributed by atoms with E-state index in [2.05, 4.69) is 58.7 Å². The number of nitrogens with zero attached hydrogens (tertiary/aromatic N) is 1. The zero-order chi connectivity index (χ0) is 20.9. The first-order chi connectivity index (χ1) is 15.1.